The van der Waals surface area contributed by atoms with E-state index in [2.05, 4.69) is 21.2 Å². The van der Waals surface area contributed by atoms with E-state index in [0.29, 0.717) is 0 Å². The first-order chi connectivity index (χ1) is 9.38. The number of carboxylic acids is 1. The Bertz CT molecular complexity index is 692. The minimum Gasteiger partial charge on any atom is -0.478 e. The van der Waals surface area contributed by atoms with Crippen LogP contribution in [0.2, 0.25) is 0 Å². The highest BCUT2D eigenvalue weighted by atomic mass is 79.9. The molecule has 0 unspecified atom stereocenters. The second kappa shape index (κ2) is 5.46. The SMILES string of the molecule is Nc1cc(C(=O)O)ccc1Nc1cc(F)c(Br)cc1F. The van der Waals surface area contributed by atoms with Gasteiger partial charge in [-0.3, -0.25) is 0 Å². The molecule has 0 saturated carbocycles. The molecule has 7 heteroatoms. The zero-order chi connectivity index (χ0) is 14.9. The van der Waals surface area contributed by atoms with Crippen LogP contribution < -0.4 is 11.1 Å². The molecule has 2 aromatic rings. The molecule has 0 aliphatic carbocycles. The monoisotopic (exact) mass is 342 g/mol. The number of benzene rings is 2. The van der Waals surface area contributed by atoms with Gasteiger partial charge in [0.15, 0.2) is 0 Å². The number of aromatic carboxylic acids is 1. The summed E-state index contributed by atoms with van der Waals surface area (Å²) >= 11 is 2.87. The zero-order valence-corrected chi connectivity index (χ0v) is 11.5. The summed E-state index contributed by atoms with van der Waals surface area (Å²) in [7, 11) is 0. The largest absolute Gasteiger partial charge is 0.478 e. The lowest BCUT2D eigenvalue weighted by Gasteiger charge is -2.11. The zero-order valence-electron chi connectivity index (χ0n) is 9.95. The third-order valence-electron chi connectivity index (χ3n) is 2.58. The van der Waals surface area contributed by atoms with Gasteiger partial charge in [0.1, 0.15) is 11.6 Å². The van der Waals surface area contributed by atoms with Crippen molar-refractivity contribution in [1.82, 2.24) is 0 Å². The molecule has 0 aromatic heterocycles. The Morgan fingerprint density at radius 2 is 1.85 bits per heavy atom. The standard InChI is InChI=1S/C13H9BrF2N2O2/c14-7-4-9(16)12(5-8(7)15)18-11-2-1-6(13(19)20)3-10(11)17/h1-5,18H,17H2,(H,19,20). The van der Waals surface area contributed by atoms with E-state index in [4.69, 9.17) is 10.8 Å². The molecular formula is C13H9BrF2N2O2. The van der Waals surface area contributed by atoms with Crippen LogP contribution in [0.5, 0.6) is 0 Å². The molecule has 2 aromatic carbocycles. The van der Waals surface area contributed by atoms with Gasteiger partial charge in [0.2, 0.25) is 0 Å². The van der Waals surface area contributed by atoms with Gasteiger partial charge in [0, 0.05) is 6.07 Å². The van der Waals surface area contributed by atoms with Crippen LogP contribution >= 0.6 is 15.9 Å². The molecule has 4 N–H and O–H groups in total. The number of nitrogens with two attached hydrogens (primary N) is 1. The van der Waals surface area contributed by atoms with E-state index in [0.717, 1.165) is 12.1 Å². The van der Waals surface area contributed by atoms with Gasteiger partial charge in [0.05, 0.1) is 27.1 Å². The summed E-state index contributed by atoms with van der Waals surface area (Å²) in [4.78, 5) is 10.8. The molecule has 0 aliphatic heterocycles. The van der Waals surface area contributed by atoms with Crippen LogP contribution in [0, 0.1) is 11.6 Å². The smallest absolute Gasteiger partial charge is 0.335 e. The third kappa shape index (κ3) is 2.88. The number of halogens is 3. The van der Waals surface area contributed by atoms with Gasteiger partial charge in [-0.25, -0.2) is 13.6 Å². The van der Waals surface area contributed by atoms with Crippen LogP contribution in [0.15, 0.2) is 34.8 Å². The van der Waals surface area contributed by atoms with Crippen LogP contribution in [-0.4, -0.2) is 11.1 Å². The molecule has 0 radical (unpaired) electrons. The molecule has 0 spiro atoms. The highest BCUT2D eigenvalue weighted by molar-refractivity contribution is 9.10. The lowest BCUT2D eigenvalue weighted by Crippen LogP contribution is -2.02. The average Bonchev–Trinajstić information content (AvgIpc) is 2.37. The summed E-state index contributed by atoms with van der Waals surface area (Å²) in [6.45, 7) is 0. The van der Waals surface area contributed by atoms with Crippen molar-refractivity contribution < 1.29 is 18.7 Å². The van der Waals surface area contributed by atoms with Crippen molar-refractivity contribution in [3.05, 3.63) is 52.0 Å². The van der Waals surface area contributed by atoms with E-state index in [1.807, 2.05) is 0 Å². The predicted octanol–water partition coefficient (Wildman–Crippen LogP) is 3.75. The van der Waals surface area contributed by atoms with Crippen LogP contribution in [-0.2, 0) is 0 Å². The number of nitrogens with one attached hydrogen (secondary N) is 1. The molecule has 0 fully saturated rings. The molecular weight excluding hydrogens is 334 g/mol. The molecule has 104 valence electrons. The van der Waals surface area contributed by atoms with E-state index in [-0.39, 0.29) is 27.1 Å². The summed E-state index contributed by atoms with van der Waals surface area (Å²) < 4.78 is 27.0. The summed E-state index contributed by atoms with van der Waals surface area (Å²) in [5.41, 5.74) is 5.99. The van der Waals surface area contributed by atoms with Crippen molar-refractivity contribution in [1.29, 1.82) is 0 Å². The number of anilines is 3. The molecule has 2 rings (SSSR count). The molecule has 0 saturated heterocycles. The Labute approximate surface area is 121 Å². The Hall–Kier alpha value is -2.15. The average molecular weight is 343 g/mol. The van der Waals surface area contributed by atoms with Crippen LogP contribution in [0.1, 0.15) is 10.4 Å². The van der Waals surface area contributed by atoms with Crippen molar-refractivity contribution in [3.8, 4) is 0 Å². The maximum atomic E-state index is 13.7. The minimum absolute atomic E-state index is 0.00903. The molecule has 20 heavy (non-hydrogen) atoms. The van der Waals surface area contributed by atoms with Gasteiger partial charge in [-0.05, 0) is 40.2 Å². The van der Waals surface area contributed by atoms with Gasteiger partial charge in [-0.2, -0.15) is 0 Å². The van der Waals surface area contributed by atoms with Crippen LogP contribution in [0.3, 0.4) is 0 Å². The maximum absolute atomic E-state index is 13.7. The highest BCUT2D eigenvalue weighted by Crippen LogP contribution is 2.29. The molecule has 0 heterocycles. The Morgan fingerprint density at radius 3 is 2.45 bits per heavy atom. The van der Waals surface area contributed by atoms with Crippen LogP contribution in [0.25, 0.3) is 0 Å². The van der Waals surface area contributed by atoms with Crippen molar-refractivity contribution in [2.45, 2.75) is 0 Å². The Balaban J connectivity index is 2.35. The lowest BCUT2D eigenvalue weighted by atomic mass is 10.1. The van der Waals surface area contributed by atoms with Gasteiger partial charge in [-0.15, -0.1) is 0 Å². The first-order valence-electron chi connectivity index (χ1n) is 5.43. The van der Waals surface area contributed by atoms with Crippen molar-refractivity contribution in [3.63, 3.8) is 0 Å². The first-order valence-corrected chi connectivity index (χ1v) is 6.22. The van der Waals surface area contributed by atoms with Gasteiger partial charge < -0.3 is 16.2 Å². The number of hydrogen-bond donors (Lipinski definition) is 3. The Morgan fingerprint density at radius 1 is 1.15 bits per heavy atom. The molecule has 4 nitrogen and oxygen atoms in total. The normalized spacial score (nSPS) is 10.3. The number of hydrogen-bond acceptors (Lipinski definition) is 3. The summed E-state index contributed by atoms with van der Waals surface area (Å²) in [6.07, 6.45) is 0. The summed E-state index contributed by atoms with van der Waals surface area (Å²) in [5.74, 6) is -2.42. The van der Waals surface area contributed by atoms with Gasteiger partial charge in [-0.1, -0.05) is 0 Å². The van der Waals surface area contributed by atoms with E-state index < -0.39 is 17.6 Å². The van der Waals surface area contributed by atoms with E-state index in [9.17, 15) is 13.6 Å². The molecule has 0 atom stereocenters. The molecule has 0 aliphatic rings. The van der Waals surface area contributed by atoms with Gasteiger partial charge in [0.25, 0.3) is 0 Å². The Kier molecular flexibility index (Phi) is 3.89. The number of nitrogen functional groups attached to an aromatic ring is 1. The first kappa shape index (κ1) is 14.3. The highest BCUT2D eigenvalue weighted by Gasteiger charge is 2.11. The number of rotatable bonds is 3. The van der Waals surface area contributed by atoms with Crippen molar-refractivity contribution in [2.75, 3.05) is 11.1 Å². The topological polar surface area (TPSA) is 75.4 Å². The lowest BCUT2D eigenvalue weighted by molar-refractivity contribution is 0.0697. The van der Waals surface area contributed by atoms with Gasteiger partial charge >= 0.3 is 5.97 Å². The molecule has 0 bridgehead atoms. The second-order valence-corrected chi connectivity index (χ2v) is 4.83. The summed E-state index contributed by atoms with van der Waals surface area (Å²) in [5, 5.41) is 11.4. The fraction of sp³-hybridized carbons (Fsp3) is 0. The minimum atomic E-state index is -1.12. The third-order valence-corrected chi connectivity index (χ3v) is 3.19. The fourth-order valence-electron chi connectivity index (χ4n) is 1.57. The van der Waals surface area contributed by atoms with E-state index in [1.165, 1.54) is 18.2 Å². The maximum Gasteiger partial charge on any atom is 0.335 e. The van der Waals surface area contributed by atoms with Crippen LogP contribution in [0.4, 0.5) is 25.8 Å². The summed E-state index contributed by atoms with van der Waals surface area (Å²) in [6, 6.07) is 5.90. The molecule has 0 amide bonds. The fourth-order valence-corrected chi connectivity index (χ4v) is 1.89. The number of carboxylic acid groups (broad SMARTS) is 1. The van der Waals surface area contributed by atoms with Crippen molar-refractivity contribution in [2.24, 2.45) is 0 Å². The second-order valence-electron chi connectivity index (χ2n) is 3.98. The number of carbonyl (C=O) groups is 1. The van der Waals surface area contributed by atoms with E-state index >= 15 is 0 Å². The predicted molar refractivity (Wildman–Crippen MR) is 75.2 cm³/mol. The van der Waals surface area contributed by atoms with E-state index in [1.54, 1.807) is 0 Å². The van der Waals surface area contributed by atoms with Crippen molar-refractivity contribution >= 4 is 39.0 Å². The quantitative estimate of drug-likeness (QED) is 0.586.